The molecule has 0 aliphatic carbocycles. The van der Waals surface area contributed by atoms with E-state index in [0.29, 0.717) is 12.2 Å². The zero-order valence-electron chi connectivity index (χ0n) is 9.08. The zero-order chi connectivity index (χ0) is 10.6. The van der Waals surface area contributed by atoms with Gasteiger partial charge in [0.15, 0.2) is 5.78 Å². The highest BCUT2D eigenvalue weighted by molar-refractivity contribution is 7.99. The Bertz CT molecular complexity index is 227. The Morgan fingerprint density at radius 2 is 2.36 bits per heavy atom. The molecule has 14 heavy (non-hydrogen) atoms. The Labute approximate surface area is 90.7 Å². The third-order valence-electron chi connectivity index (χ3n) is 2.69. The molecule has 0 aromatic carbocycles. The first kappa shape index (κ1) is 11.8. The van der Waals surface area contributed by atoms with E-state index in [4.69, 9.17) is 0 Å². The second-order valence-corrected chi connectivity index (χ2v) is 4.97. The Hall–Kier alpha value is -0.280. The number of ketones is 1. The topological polar surface area (TPSA) is 20.3 Å². The number of carbonyl (C=O) groups excluding carboxylic acids is 1. The fourth-order valence-electron chi connectivity index (χ4n) is 1.51. The van der Waals surface area contributed by atoms with Gasteiger partial charge in [-0.1, -0.05) is 19.1 Å². The third-order valence-corrected chi connectivity index (χ3v) is 3.71. The Balaban J connectivity index is 2.46. The summed E-state index contributed by atoms with van der Waals surface area (Å²) in [5, 5.41) is 0. The Kier molecular flexibility index (Phi) is 4.69. The normalized spacial score (nSPS) is 23.4. The number of likely N-dealkylation sites (N-methyl/N-ethyl adjacent to an activating group) is 1. The lowest BCUT2D eigenvalue weighted by Crippen LogP contribution is -2.44. The second kappa shape index (κ2) is 5.56. The summed E-state index contributed by atoms with van der Waals surface area (Å²) in [6.45, 7) is 6.96. The van der Waals surface area contributed by atoms with Gasteiger partial charge in [0.1, 0.15) is 0 Å². The van der Waals surface area contributed by atoms with E-state index in [2.05, 4.69) is 18.4 Å². The smallest absolute Gasteiger partial charge is 0.154 e. The van der Waals surface area contributed by atoms with Crippen LogP contribution < -0.4 is 0 Å². The average molecular weight is 213 g/mol. The molecule has 1 heterocycles. The van der Waals surface area contributed by atoms with Crippen molar-refractivity contribution < 1.29 is 4.79 Å². The largest absolute Gasteiger partial charge is 0.298 e. The first-order valence-electron chi connectivity index (χ1n) is 5.12. The maximum Gasteiger partial charge on any atom is 0.154 e. The van der Waals surface area contributed by atoms with E-state index in [1.807, 2.05) is 18.8 Å². The maximum absolute atomic E-state index is 11.9. The summed E-state index contributed by atoms with van der Waals surface area (Å²) in [4.78, 5) is 14.0. The molecule has 0 N–H and O–H groups in total. The van der Waals surface area contributed by atoms with E-state index in [1.165, 1.54) is 0 Å². The summed E-state index contributed by atoms with van der Waals surface area (Å²) >= 11 is 1.88. The highest BCUT2D eigenvalue weighted by Gasteiger charge is 2.25. The molecule has 1 unspecified atom stereocenters. The van der Waals surface area contributed by atoms with Crippen molar-refractivity contribution in [3.63, 3.8) is 0 Å². The van der Waals surface area contributed by atoms with Crippen LogP contribution in [0.5, 0.6) is 0 Å². The van der Waals surface area contributed by atoms with Crippen LogP contribution in [0.25, 0.3) is 0 Å². The molecule has 0 amide bonds. The summed E-state index contributed by atoms with van der Waals surface area (Å²) in [5.41, 5.74) is 1.05. The number of allylic oxidation sites excluding steroid dienone is 1. The van der Waals surface area contributed by atoms with E-state index in [0.717, 1.165) is 30.0 Å². The molecule has 1 aliphatic heterocycles. The van der Waals surface area contributed by atoms with Crippen LogP contribution in [0.3, 0.4) is 0 Å². The number of hydrogen-bond acceptors (Lipinski definition) is 3. The van der Waals surface area contributed by atoms with E-state index < -0.39 is 0 Å². The molecule has 0 bridgehead atoms. The molecule has 0 spiro atoms. The first-order chi connectivity index (χ1) is 6.65. The van der Waals surface area contributed by atoms with Gasteiger partial charge in [-0.3, -0.25) is 9.69 Å². The van der Waals surface area contributed by atoms with E-state index in [1.54, 1.807) is 0 Å². The molecule has 0 aromatic heterocycles. The van der Waals surface area contributed by atoms with Crippen molar-refractivity contribution in [2.75, 3.05) is 25.1 Å². The number of hydrogen-bond donors (Lipinski definition) is 0. The molecule has 1 atom stereocenters. The lowest BCUT2D eigenvalue weighted by molar-refractivity contribution is -0.122. The van der Waals surface area contributed by atoms with Gasteiger partial charge in [0.25, 0.3) is 0 Å². The predicted octanol–water partition coefficient (Wildman–Crippen LogP) is 1.96. The quantitative estimate of drug-likeness (QED) is 0.666. The van der Waals surface area contributed by atoms with Gasteiger partial charge in [-0.15, -0.1) is 0 Å². The van der Waals surface area contributed by atoms with E-state index >= 15 is 0 Å². The molecule has 0 radical (unpaired) electrons. The zero-order valence-corrected chi connectivity index (χ0v) is 9.90. The van der Waals surface area contributed by atoms with Crippen LogP contribution in [-0.4, -0.2) is 41.8 Å². The van der Waals surface area contributed by atoms with Gasteiger partial charge in [-0.25, -0.2) is 0 Å². The van der Waals surface area contributed by atoms with Gasteiger partial charge in [0, 0.05) is 24.5 Å². The molecule has 2 nitrogen and oxygen atoms in total. The van der Waals surface area contributed by atoms with Gasteiger partial charge in [-0.05, 0) is 13.5 Å². The fourth-order valence-corrected chi connectivity index (χ4v) is 2.76. The van der Waals surface area contributed by atoms with Gasteiger partial charge in [-0.2, -0.15) is 11.8 Å². The van der Waals surface area contributed by atoms with Gasteiger partial charge in [0.2, 0.25) is 0 Å². The molecule has 0 saturated carbocycles. The van der Waals surface area contributed by atoms with E-state index in [-0.39, 0.29) is 6.04 Å². The van der Waals surface area contributed by atoms with Crippen molar-refractivity contribution in [2.24, 2.45) is 0 Å². The van der Waals surface area contributed by atoms with E-state index in [9.17, 15) is 4.79 Å². The van der Waals surface area contributed by atoms with Crippen LogP contribution in [0.15, 0.2) is 12.2 Å². The van der Waals surface area contributed by atoms with Gasteiger partial charge < -0.3 is 0 Å². The molecule has 1 rings (SSSR count). The summed E-state index contributed by atoms with van der Waals surface area (Å²) in [5.74, 6) is 2.44. The minimum atomic E-state index is 0.122. The van der Waals surface area contributed by atoms with Crippen molar-refractivity contribution >= 4 is 17.5 Å². The summed E-state index contributed by atoms with van der Waals surface area (Å²) < 4.78 is 0. The Morgan fingerprint density at radius 3 is 2.93 bits per heavy atom. The predicted molar refractivity (Wildman–Crippen MR) is 62.8 cm³/mol. The summed E-state index contributed by atoms with van der Waals surface area (Å²) in [7, 11) is 2.04. The van der Waals surface area contributed by atoms with Crippen molar-refractivity contribution in [3.05, 3.63) is 12.2 Å². The molecule has 1 aliphatic rings. The van der Waals surface area contributed by atoms with Crippen molar-refractivity contribution in [2.45, 2.75) is 25.8 Å². The molecule has 0 aromatic rings. The van der Waals surface area contributed by atoms with Crippen molar-refractivity contribution in [1.29, 1.82) is 0 Å². The maximum atomic E-state index is 11.9. The molecule has 1 saturated heterocycles. The SMILES string of the molecule is C=C(CC)CC(=O)C1CSCCN1C. The van der Waals surface area contributed by atoms with Crippen LogP contribution in [0.4, 0.5) is 0 Å². The molecular formula is C11H19NOS. The number of carbonyl (C=O) groups is 1. The number of nitrogens with zero attached hydrogens (tertiary/aromatic N) is 1. The third kappa shape index (κ3) is 3.14. The number of rotatable bonds is 4. The summed E-state index contributed by atoms with van der Waals surface area (Å²) in [6, 6.07) is 0.122. The van der Waals surface area contributed by atoms with Gasteiger partial charge >= 0.3 is 0 Å². The van der Waals surface area contributed by atoms with Crippen molar-refractivity contribution in [1.82, 2.24) is 4.90 Å². The van der Waals surface area contributed by atoms with Crippen LogP contribution >= 0.6 is 11.8 Å². The van der Waals surface area contributed by atoms with Crippen LogP contribution in [0.2, 0.25) is 0 Å². The number of Topliss-reactive ketones (excluding diaryl/α,β-unsaturated/α-hetero) is 1. The van der Waals surface area contributed by atoms with Crippen LogP contribution in [0.1, 0.15) is 19.8 Å². The molecule has 80 valence electrons. The minimum absolute atomic E-state index is 0.122. The molecular weight excluding hydrogens is 194 g/mol. The lowest BCUT2D eigenvalue weighted by atomic mass is 10.0. The standard InChI is InChI=1S/C11H19NOS/c1-4-9(2)7-11(13)10-8-14-6-5-12(10)3/h10H,2,4-8H2,1,3H3. The molecule has 3 heteroatoms. The highest BCUT2D eigenvalue weighted by atomic mass is 32.2. The minimum Gasteiger partial charge on any atom is -0.298 e. The average Bonchev–Trinajstić information content (AvgIpc) is 2.18. The molecule has 1 fully saturated rings. The second-order valence-electron chi connectivity index (χ2n) is 3.82. The Morgan fingerprint density at radius 1 is 1.64 bits per heavy atom. The first-order valence-corrected chi connectivity index (χ1v) is 6.28. The summed E-state index contributed by atoms with van der Waals surface area (Å²) in [6.07, 6.45) is 1.47. The van der Waals surface area contributed by atoms with Gasteiger partial charge in [0.05, 0.1) is 6.04 Å². The van der Waals surface area contributed by atoms with Crippen LogP contribution in [-0.2, 0) is 4.79 Å². The highest BCUT2D eigenvalue weighted by Crippen LogP contribution is 2.18. The van der Waals surface area contributed by atoms with Crippen molar-refractivity contribution in [3.8, 4) is 0 Å². The monoisotopic (exact) mass is 213 g/mol. The van der Waals surface area contributed by atoms with Crippen LogP contribution in [0, 0.1) is 0 Å². The fraction of sp³-hybridized carbons (Fsp3) is 0.727. The number of thioether (sulfide) groups is 1. The lowest BCUT2D eigenvalue weighted by Gasteiger charge is -2.31.